The summed E-state index contributed by atoms with van der Waals surface area (Å²) in [6, 6.07) is 9.97. The molecule has 7 aliphatic rings. The van der Waals surface area contributed by atoms with Crippen molar-refractivity contribution in [3.8, 4) is 0 Å². The molecule has 5 saturated heterocycles. The number of likely N-dealkylation sites (tertiary alicyclic amines) is 1. The lowest BCUT2D eigenvalue weighted by atomic mass is 9.89. The maximum atomic E-state index is 15.9. The normalized spacial score (nSPS) is 24.7. The molecule has 2 aromatic carbocycles. The van der Waals surface area contributed by atoms with Crippen LogP contribution in [-0.2, 0) is 9.59 Å². The molecule has 7 heterocycles. The van der Waals surface area contributed by atoms with Crippen LogP contribution in [0.4, 0.5) is 32.2 Å². The van der Waals surface area contributed by atoms with Gasteiger partial charge >= 0.3 is 6.03 Å². The quantitative estimate of drug-likeness (QED) is 0.232. The number of piperidine rings is 3. The second-order valence-electron chi connectivity index (χ2n) is 18.9. The van der Waals surface area contributed by atoms with Gasteiger partial charge in [-0.05, 0) is 112 Å². The first-order valence-corrected chi connectivity index (χ1v) is 23.4. The molecule has 6 fully saturated rings. The highest BCUT2D eigenvalue weighted by atomic mass is 19.1. The molecule has 342 valence electrons. The Bertz CT molecular complexity index is 2420. The molecule has 0 spiro atoms. The number of hydrogen-bond acceptors (Lipinski definition) is 12. The lowest BCUT2D eigenvalue weighted by molar-refractivity contribution is -0.136. The van der Waals surface area contributed by atoms with E-state index < -0.39 is 41.4 Å². The maximum Gasteiger partial charge on any atom is 0.320 e. The Balaban J connectivity index is 0.728. The van der Waals surface area contributed by atoms with E-state index in [0.29, 0.717) is 37.4 Å². The second kappa shape index (κ2) is 17.7. The summed E-state index contributed by atoms with van der Waals surface area (Å²) in [5.74, 6) is -2.07. The summed E-state index contributed by atoms with van der Waals surface area (Å²) >= 11 is 0. The Morgan fingerprint density at radius 2 is 1.54 bits per heavy atom. The predicted molar refractivity (Wildman–Crippen MR) is 238 cm³/mol. The van der Waals surface area contributed by atoms with Gasteiger partial charge in [0.15, 0.2) is 11.5 Å². The fraction of sp³-hybridized carbons (Fsp3) is 0.532. The van der Waals surface area contributed by atoms with Crippen LogP contribution in [0.5, 0.6) is 0 Å². The van der Waals surface area contributed by atoms with Gasteiger partial charge in [-0.1, -0.05) is 18.9 Å². The minimum Gasteiger partial charge on any atom is -0.371 e. The van der Waals surface area contributed by atoms with E-state index in [4.69, 9.17) is 10.7 Å². The number of nitrogens with one attached hydrogen (secondary N) is 2. The lowest BCUT2D eigenvalue weighted by Gasteiger charge is -2.38. The largest absolute Gasteiger partial charge is 0.371 e. The zero-order valence-electron chi connectivity index (χ0n) is 36.6. The van der Waals surface area contributed by atoms with Gasteiger partial charge in [0.05, 0.1) is 29.1 Å². The molecule has 3 atom stereocenters. The van der Waals surface area contributed by atoms with Gasteiger partial charge in [0, 0.05) is 64.0 Å². The van der Waals surface area contributed by atoms with Crippen molar-refractivity contribution in [2.45, 2.75) is 94.7 Å². The summed E-state index contributed by atoms with van der Waals surface area (Å²) in [6.07, 6.45) is 10.7. The molecular weight excluding hydrogens is 834 g/mol. The van der Waals surface area contributed by atoms with E-state index in [9.17, 15) is 28.8 Å². The summed E-state index contributed by atoms with van der Waals surface area (Å²) < 4.78 is 15.9. The molecule has 4 N–H and O–H groups in total. The lowest BCUT2D eigenvalue weighted by Crippen LogP contribution is -2.54. The molecule has 1 aromatic heterocycles. The van der Waals surface area contributed by atoms with Crippen molar-refractivity contribution in [2.75, 3.05) is 74.0 Å². The third kappa shape index (κ3) is 8.36. The van der Waals surface area contributed by atoms with Crippen LogP contribution >= 0.6 is 0 Å². The summed E-state index contributed by atoms with van der Waals surface area (Å²) in [6.45, 7) is 7.08. The number of carbonyl (C=O) groups is 6. The molecule has 0 radical (unpaired) electrons. The molecular formula is C47H56FN11O6. The summed E-state index contributed by atoms with van der Waals surface area (Å²) in [5.41, 5.74) is 8.13. The Morgan fingerprint density at radius 1 is 0.785 bits per heavy atom. The van der Waals surface area contributed by atoms with Crippen molar-refractivity contribution in [2.24, 2.45) is 11.7 Å². The van der Waals surface area contributed by atoms with Crippen LogP contribution in [0, 0.1) is 11.7 Å². The van der Waals surface area contributed by atoms with Crippen LogP contribution in [0.15, 0.2) is 42.6 Å². The Morgan fingerprint density at radius 3 is 2.29 bits per heavy atom. The molecule has 3 aromatic rings. The van der Waals surface area contributed by atoms with Crippen molar-refractivity contribution in [3.63, 3.8) is 0 Å². The summed E-state index contributed by atoms with van der Waals surface area (Å²) in [4.78, 5) is 97.6. The highest BCUT2D eigenvalue weighted by Gasteiger charge is 2.45. The number of amides is 7. The molecule has 7 amide bonds. The third-order valence-corrected chi connectivity index (χ3v) is 14.9. The SMILES string of the molecule is NC(=O)c1ncc(N2CCCC(N3CCN(C4CCCC4)C3=O)C2)nc1Nc1ccc(C2CCN(CC3CCN(c4ccc5c(c4)C(=O)N(C4CCC(=O)NC4=O)C5=O)C3)CC2)cc1F. The number of benzene rings is 2. The number of fused-ring (bicyclic) bond motifs is 1. The first-order valence-electron chi connectivity index (χ1n) is 23.4. The Labute approximate surface area is 376 Å². The van der Waals surface area contributed by atoms with Gasteiger partial charge in [0.2, 0.25) is 11.8 Å². The van der Waals surface area contributed by atoms with Crippen molar-refractivity contribution < 1.29 is 33.2 Å². The molecule has 18 heteroatoms. The average molecular weight is 890 g/mol. The van der Waals surface area contributed by atoms with Crippen LogP contribution in [0.3, 0.4) is 0 Å². The van der Waals surface area contributed by atoms with E-state index in [2.05, 4.69) is 35.2 Å². The van der Waals surface area contributed by atoms with Gasteiger partial charge in [0.25, 0.3) is 17.7 Å². The van der Waals surface area contributed by atoms with Gasteiger partial charge in [-0.3, -0.25) is 34.2 Å². The molecule has 65 heavy (non-hydrogen) atoms. The number of nitrogens with two attached hydrogens (primary N) is 1. The van der Waals surface area contributed by atoms with Gasteiger partial charge in [0.1, 0.15) is 17.7 Å². The Hall–Kier alpha value is -6.17. The minimum absolute atomic E-state index is 0.0378. The number of carbonyl (C=O) groups excluding carboxylic acids is 6. The van der Waals surface area contributed by atoms with E-state index in [1.807, 2.05) is 17.0 Å². The molecule has 3 unspecified atom stereocenters. The highest BCUT2D eigenvalue weighted by molar-refractivity contribution is 6.23. The van der Waals surface area contributed by atoms with Crippen LogP contribution in [-0.4, -0.2) is 142 Å². The van der Waals surface area contributed by atoms with E-state index >= 15 is 4.39 Å². The average Bonchev–Trinajstić information content (AvgIpc) is 4.13. The molecule has 1 saturated carbocycles. The zero-order chi connectivity index (χ0) is 44.9. The van der Waals surface area contributed by atoms with E-state index in [1.54, 1.807) is 24.3 Å². The topological polar surface area (TPSA) is 198 Å². The van der Waals surface area contributed by atoms with Gasteiger partial charge in [-0.2, -0.15) is 0 Å². The van der Waals surface area contributed by atoms with E-state index in [1.165, 1.54) is 19.0 Å². The zero-order valence-corrected chi connectivity index (χ0v) is 36.6. The van der Waals surface area contributed by atoms with E-state index in [-0.39, 0.29) is 59.2 Å². The molecule has 0 bridgehead atoms. The summed E-state index contributed by atoms with van der Waals surface area (Å²) in [7, 11) is 0. The fourth-order valence-corrected chi connectivity index (χ4v) is 11.4. The van der Waals surface area contributed by atoms with Crippen LogP contribution in [0.2, 0.25) is 0 Å². The standard InChI is InChI=1S/C47H56FN11O6/c48-36-22-30(7-10-37(36)51-43-41(42(49)61)50-24-39(52-43)56-16-3-6-33(27-56)58-21-20-57(47(58)65)31-4-1-2-5-31)29-14-17-54(18-15-29)25-28-13-19-55(26-28)32-8-9-34-35(23-32)46(64)59(45(34)63)38-11-12-40(60)53-44(38)62/h7-10,22-24,28-29,31,33,38H,1-6,11-21,25-27H2,(H2,49,61)(H,51,52)(H,53,60,62). The van der Waals surface area contributed by atoms with Crippen LogP contribution in [0.25, 0.3) is 0 Å². The number of anilines is 4. The predicted octanol–water partition coefficient (Wildman–Crippen LogP) is 4.21. The third-order valence-electron chi connectivity index (χ3n) is 14.9. The second-order valence-corrected chi connectivity index (χ2v) is 18.9. The van der Waals surface area contributed by atoms with Crippen molar-refractivity contribution in [1.29, 1.82) is 0 Å². The van der Waals surface area contributed by atoms with Crippen molar-refractivity contribution in [3.05, 3.63) is 70.8 Å². The number of hydrogen-bond donors (Lipinski definition) is 3. The number of aromatic nitrogens is 2. The maximum absolute atomic E-state index is 15.9. The monoisotopic (exact) mass is 889 g/mol. The highest BCUT2D eigenvalue weighted by Crippen LogP contribution is 2.36. The molecule has 1 aliphatic carbocycles. The number of urea groups is 1. The first-order chi connectivity index (χ1) is 31.5. The number of rotatable bonds is 11. The molecule has 6 aliphatic heterocycles. The van der Waals surface area contributed by atoms with Gasteiger partial charge in [-0.15, -0.1) is 0 Å². The van der Waals surface area contributed by atoms with Crippen LogP contribution < -0.4 is 26.2 Å². The minimum atomic E-state index is -0.996. The number of nitrogens with zero attached hydrogens (tertiary/aromatic N) is 8. The van der Waals surface area contributed by atoms with E-state index in [0.717, 1.165) is 100 Å². The summed E-state index contributed by atoms with van der Waals surface area (Å²) in [5, 5.41) is 5.26. The first kappa shape index (κ1) is 42.8. The molecule has 17 nitrogen and oxygen atoms in total. The number of imide groups is 2. The van der Waals surface area contributed by atoms with Gasteiger partial charge in [-0.25, -0.2) is 19.2 Å². The van der Waals surface area contributed by atoms with Crippen molar-refractivity contribution >= 4 is 58.6 Å². The number of halogens is 1. The van der Waals surface area contributed by atoms with Crippen molar-refractivity contribution in [1.82, 2.24) is 34.9 Å². The molecule has 10 rings (SSSR count). The smallest absolute Gasteiger partial charge is 0.320 e. The van der Waals surface area contributed by atoms with Gasteiger partial charge < -0.3 is 35.6 Å². The van der Waals surface area contributed by atoms with Crippen LogP contribution in [0.1, 0.15) is 113 Å². The Kier molecular flexibility index (Phi) is 11.6. The fourth-order valence-electron chi connectivity index (χ4n) is 11.4. The number of primary amides is 1.